The second-order valence-electron chi connectivity index (χ2n) is 4.59. The Hall–Kier alpha value is -0.980. The molecule has 0 radical (unpaired) electrons. The lowest BCUT2D eigenvalue weighted by molar-refractivity contribution is 0.466. The summed E-state index contributed by atoms with van der Waals surface area (Å²) in [5.41, 5.74) is 6.29. The van der Waals surface area contributed by atoms with Crippen molar-refractivity contribution < 1.29 is 8.42 Å². The summed E-state index contributed by atoms with van der Waals surface area (Å²) in [4.78, 5) is 4.11. The first-order valence-corrected chi connectivity index (χ1v) is 8.30. The number of rotatable bonds is 9. The van der Waals surface area contributed by atoms with E-state index >= 15 is 0 Å². The van der Waals surface area contributed by atoms with E-state index in [1.807, 2.05) is 25.1 Å². The van der Waals surface area contributed by atoms with Gasteiger partial charge < -0.3 is 5.73 Å². The van der Waals surface area contributed by atoms with Crippen LogP contribution in [0.25, 0.3) is 0 Å². The molecule has 0 aromatic carbocycles. The molecule has 0 aliphatic carbocycles. The number of nitrogens with two attached hydrogens (primary N) is 1. The number of aromatic nitrogens is 1. The molecule has 1 rings (SSSR count). The van der Waals surface area contributed by atoms with Crippen LogP contribution in [0, 0.1) is 5.92 Å². The molecule has 0 bridgehead atoms. The van der Waals surface area contributed by atoms with Crippen molar-refractivity contribution in [1.29, 1.82) is 0 Å². The lowest BCUT2D eigenvalue weighted by Crippen LogP contribution is -2.32. The Balaban J connectivity index is 2.39. The Bertz CT molecular complexity index is 448. The van der Waals surface area contributed by atoms with E-state index in [0.29, 0.717) is 25.4 Å². The number of nitrogens with zero attached hydrogens (tertiary/aromatic N) is 1. The molecule has 3 N–H and O–H groups in total. The van der Waals surface area contributed by atoms with Crippen LogP contribution in [0.2, 0.25) is 0 Å². The van der Waals surface area contributed by atoms with E-state index in [1.165, 1.54) is 0 Å². The smallest absolute Gasteiger partial charge is 0.211 e. The number of hydrogen-bond donors (Lipinski definition) is 2. The molecule has 108 valence electrons. The van der Waals surface area contributed by atoms with Crippen LogP contribution < -0.4 is 10.5 Å². The van der Waals surface area contributed by atoms with Crippen molar-refractivity contribution in [2.24, 2.45) is 11.7 Å². The Morgan fingerprint density at radius 3 is 2.79 bits per heavy atom. The van der Waals surface area contributed by atoms with Gasteiger partial charge in [-0.15, -0.1) is 0 Å². The third kappa shape index (κ3) is 6.66. The minimum atomic E-state index is -3.23. The molecule has 0 saturated carbocycles. The molecule has 0 spiro atoms. The van der Waals surface area contributed by atoms with E-state index in [0.717, 1.165) is 18.5 Å². The number of pyridine rings is 1. The van der Waals surface area contributed by atoms with Crippen LogP contribution in [0.1, 0.15) is 25.5 Å². The lowest BCUT2D eigenvalue weighted by Gasteiger charge is -2.14. The van der Waals surface area contributed by atoms with Crippen LogP contribution >= 0.6 is 0 Å². The van der Waals surface area contributed by atoms with Gasteiger partial charge in [0, 0.05) is 24.9 Å². The Morgan fingerprint density at radius 2 is 2.21 bits per heavy atom. The molecule has 0 aliphatic heterocycles. The highest BCUT2D eigenvalue weighted by molar-refractivity contribution is 7.89. The summed E-state index contributed by atoms with van der Waals surface area (Å²) < 4.78 is 26.4. The first kappa shape index (κ1) is 16.1. The molecule has 0 fully saturated rings. The van der Waals surface area contributed by atoms with Gasteiger partial charge in [0.05, 0.1) is 5.75 Å². The first-order chi connectivity index (χ1) is 9.07. The van der Waals surface area contributed by atoms with E-state index < -0.39 is 10.0 Å². The zero-order chi connectivity index (χ0) is 14.1. The molecule has 0 aliphatic rings. The summed E-state index contributed by atoms with van der Waals surface area (Å²) in [6.07, 6.45) is 3.88. The van der Waals surface area contributed by atoms with Crippen LogP contribution in [0.4, 0.5) is 0 Å². The minimum absolute atomic E-state index is 0.0725. The zero-order valence-corrected chi connectivity index (χ0v) is 12.2. The van der Waals surface area contributed by atoms with Crippen LogP contribution in [-0.4, -0.2) is 32.2 Å². The van der Waals surface area contributed by atoms with Gasteiger partial charge in [-0.2, -0.15) is 0 Å². The monoisotopic (exact) mass is 285 g/mol. The molecule has 0 amide bonds. The lowest BCUT2D eigenvalue weighted by atomic mass is 10.0. The number of hydrogen-bond acceptors (Lipinski definition) is 4. The molecule has 1 aromatic rings. The van der Waals surface area contributed by atoms with Crippen LogP contribution in [0.15, 0.2) is 24.4 Å². The second kappa shape index (κ2) is 8.24. The molecular weight excluding hydrogens is 262 g/mol. The molecule has 1 heterocycles. The standard InChI is InChI=1S/C13H23N3O2S/c1-2-12(6-8-14)11-16-19(17,18)10-7-13-5-3-4-9-15-13/h3-5,9,12,16H,2,6-8,10-11,14H2,1H3. The molecule has 6 heteroatoms. The molecule has 0 saturated heterocycles. The minimum Gasteiger partial charge on any atom is -0.330 e. The van der Waals surface area contributed by atoms with Crippen molar-refractivity contribution in [3.05, 3.63) is 30.1 Å². The quantitative estimate of drug-likeness (QED) is 0.706. The molecule has 5 nitrogen and oxygen atoms in total. The van der Waals surface area contributed by atoms with E-state index in [9.17, 15) is 8.42 Å². The van der Waals surface area contributed by atoms with Crippen molar-refractivity contribution in [3.63, 3.8) is 0 Å². The highest BCUT2D eigenvalue weighted by Gasteiger charge is 2.13. The van der Waals surface area contributed by atoms with E-state index in [4.69, 9.17) is 5.73 Å². The molecule has 1 atom stereocenters. The average molecular weight is 285 g/mol. The third-order valence-corrected chi connectivity index (χ3v) is 4.45. The fraction of sp³-hybridized carbons (Fsp3) is 0.615. The summed E-state index contributed by atoms with van der Waals surface area (Å²) in [6, 6.07) is 5.50. The maximum atomic E-state index is 11.9. The average Bonchev–Trinajstić information content (AvgIpc) is 2.42. The van der Waals surface area contributed by atoms with E-state index in [2.05, 4.69) is 9.71 Å². The van der Waals surface area contributed by atoms with Gasteiger partial charge in [0.2, 0.25) is 10.0 Å². The fourth-order valence-electron chi connectivity index (χ4n) is 1.79. The normalized spacial score (nSPS) is 13.4. The Labute approximate surface area is 115 Å². The highest BCUT2D eigenvalue weighted by atomic mass is 32.2. The molecule has 19 heavy (non-hydrogen) atoms. The summed E-state index contributed by atoms with van der Waals surface area (Å²) in [6.45, 7) is 3.11. The predicted octanol–water partition coefficient (Wildman–Crippen LogP) is 0.919. The van der Waals surface area contributed by atoms with Crippen LogP contribution in [0.3, 0.4) is 0 Å². The second-order valence-corrected chi connectivity index (χ2v) is 6.52. The summed E-state index contributed by atoms with van der Waals surface area (Å²) >= 11 is 0. The number of aryl methyl sites for hydroxylation is 1. The van der Waals surface area contributed by atoms with Gasteiger partial charge in [-0.25, -0.2) is 13.1 Å². The summed E-state index contributed by atoms with van der Waals surface area (Å²) in [5.74, 6) is 0.387. The predicted molar refractivity (Wildman–Crippen MR) is 77.2 cm³/mol. The van der Waals surface area contributed by atoms with Gasteiger partial charge in [-0.1, -0.05) is 19.4 Å². The Kier molecular flexibility index (Phi) is 6.97. The van der Waals surface area contributed by atoms with Gasteiger partial charge in [0.1, 0.15) is 0 Å². The first-order valence-electron chi connectivity index (χ1n) is 6.64. The van der Waals surface area contributed by atoms with Gasteiger partial charge in [0.15, 0.2) is 0 Å². The maximum Gasteiger partial charge on any atom is 0.211 e. The van der Waals surface area contributed by atoms with Crippen LogP contribution in [0.5, 0.6) is 0 Å². The van der Waals surface area contributed by atoms with E-state index in [-0.39, 0.29) is 5.75 Å². The zero-order valence-electron chi connectivity index (χ0n) is 11.4. The van der Waals surface area contributed by atoms with Crippen molar-refractivity contribution in [1.82, 2.24) is 9.71 Å². The number of sulfonamides is 1. The van der Waals surface area contributed by atoms with Crippen molar-refractivity contribution in [2.45, 2.75) is 26.2 Å². The maximum absolute atomic E-state index is 11.9. The molecule has 1 aromatic heterocycles. The van der Waals surface area contributed by atoms with Crippen molar-refractivity contribution in [2.75, 3.05) is 18.8 Å². The Morgan fingerprint density at radius 1 is 1.42 bits per heavy atom. The van der Waals surface area contributed by atoms with Gasteiger partial charge in [-0.3, -0.25) is 4.98 Å². The molecular formula is C13H23N3O2S. The van der Waals surface area contributed by atoms with Crippen molar-refractivity contribution in [3.8, 4) is 0 Å². The number of nitrogens with one attached hydrogen (secondary N) is 1. The summed E-state index contributed by atoms with van der Waals surface area (Å²) in [7, 11) is -3.23. The van der Waals surface area contributed by atoms with Gasteiger partial charge >= 0.3 is 0 Å². The van der Waals surface area contributed by atoms with Crippen molar-refractivity contribution >= 4 is 10.0 Å². The fourth-order valence-corrected chi connectivity index (χ4v) is 2.90. The summed E-state index contributed by atoms with van der Waals surface area (Å²) in [5, 5.41) is 0. The van der Waals surface area contributed by atoms with Gasteiger partial charge in [0.25, 0.3) is 0 Å². The van der Waals surface area contributed by atoms with Gasteiger partial charge in [-0.05, 0) is 31.0 Å². The largest absolute Gasteiger partial charge is 0.330 e. The van der Waals surface area contributed by atoms with E-state index in [1.54, 1.807) is 6.20 Å². The third-order valence-electron chi connectivity index (χ3n) is 3.10. The highest BCUT2D eigenvalue weighted by Crippen LogP contribution is 2.06. The molecule has 1 unspecified atom stereocenters. The SMILES string of the molecule is CCC(CCN)CNS(=O)(=O)CCc1ccccn1. The van der Waals surface area contributed by atoms with Crippen LogP contribution in [-0.2, 0) is 16.4 Å². The topological polar surface area (TPSA) is 85.1 Å².